The van der Waals surface area contributed by atoms with Crippen LogP contribution < -0.4 is 0 Å². The first-order valence-electron chi connectivity index (χ1n) is 19.0. The SMILES string of the molecule is CC[C@H]1OC(=O)CC2(O)C(C=O)[C@@H](C[C@@H](C)C(=O)/C=C/C(C)=C/[C@@H]1CO[C@@H]1O[C@@H](C)[C@@H](O)[C@@H](OC)[C@@H]1OC)[C@H](O[C@@H]1O[C@@H](C)[C@@H](O)[C@@H](N(C)C)[C@H]1O)[C@H]2C. The molecule has 308 valence electrons. The molecule has 2 saturated heterocycles. The van der Waals surface area contributed by atoms with Gasteiger partial charge in [-0.1, -0.05) is 38.5 Å². The highest BCUT2D eigenvalue weighted by molar-refractivity contribution is 5.91. The molecule has 15 nitrogen and oxygen atoms in total. The Hall–Kier alpha value is -2.15. The number of rotatable bonds is 10. The second-order valence-electron chi connectivity index (χ2n) is 15.8. The number of cyclic esters (lactones) is 1. The number of allylic oxidation sites excluding steroid dienone is 3. The maximum atomic E-state index is 13.9. The average Bonchev–Trinajstić information content (AvgIpc) is 3.30. The molecule has 3 heterocycles. The average molecular weight is 770 g/mol. The lowest BCUT2D eigenvalue weighted by atomic mass is 9.79. The van der Waals surface area contributed by atoms with Gasteiger partial charge in [-0.3, -0.25) is 9.59 Å². The number of hydrogen-bond donors (Lipinski definition) is 4. The Morgan fingerprint density at radius 3 is 2.15 bits per heavy atom. The van der Waals surface area contributed by atoms with Crippen molar-refractivity contribution >= 4 is 18.0 Å². The summed E-state index contributed by atoms with van der Waals surface area (Å²) in [5.74, 6) is -4.87. The van der Waals surface area contributed by atoms with Crippen molar-refractivity contribution in [1.29, 1.82) is 0 Å². The van der Waals surface area contributed by atoms with Crippen LogP contribution in [-0.4, -0.2) is 157 Å². The van der Waals surface area contributed by atoms with Crippen molar-refractivity contribution in [3.63, 3.8) is 0 Å². The number of ether oxygens (including phenoxy) is 7. The van der Waals surface area contributed by atoms with Crippen LogP contribution in [0.2, 0.25) is 0 Å². The van der Waals surface area contributed by atoms with E-state index in [0.717, 1.165) is 0 Å². The zero-order valence-corrected chi connectivity index (χ0v) is 33.3. The number of esters is 1. The van der Waals surface area contributed by atoms with Gasteiger partial charge in [-0.15, -0.1) is 0 Å². The molecule has 0 aromatic carbocycles. The maximum Gasteiger partial charge on any atom is 0.309 e. The second kappa shape index (κ2) is 18.9. The van der Waals surface area contributed by atoms with Crippen LogP contribution in [0.3, 0.4) is 0 Å². The molecule has 54 heavy (non-hydrogen) atoms. The van der Waals surface area contributed by atoms with Crippen molar-refractivity contribution in [2.45, 2.75) is 140 Å². The summed E-state index contributed by atoms with van der Waals surface area (Å²) in [6.45, 7) is 10.4. The quantitative estimate of drug-likeness (QED) is 0.182. The fourth-order valence-electron chi connectivity index (χ4n) is 8.74. The summed E-state index contributed by atoms with van der Waals surface area (Å²) < 4.78 is 41.8. The smallest absolute Gasteiger partial charge is 0.309 e. The molecule has 4 rings (SSSR count). The molecular formula is C39H63NO14. The first-order valence-corrected chi connectivity index (χ1v) is 19.0. The summed E-state index contributed by atoms with van der Waals surface area (Å²) in [5.41, 5.74) is -1.24. The number of carbonyl (C=O) groups is 3. The third-order valence-corrected chi connectivity index (χ3v) is 12.0. The van der Waals surface area contributed by atoms with Crippen LogP contribution in [0.25, 0.3) is 0 Å². The first-order chi connectivity index (χ1) is 25.4. The summed E-state index contributed by atoms with van der Waals surface area (Å²) in [6.07, 6.45) is -4.41. The predicted molar refractivity (Wildman–Crippen MR) is 194 cm³/mol. The Morgan fingerprint density at radius 1 is 0.926 bits per heavy atom. The molecule has 2 unspecified atom stereocenters. The number of hydrogen-bond acceptors (Lipinski definition) is 15. The van der Waals surface area contributed by atoms with Gasteiger partial charge in [-0.2, -0.15) is 0 Å². The highest BCUT2D eigenvalue weighted by atomic mass is 16.7. The molecule has 15 heteroatoms. The lowest BCUT2D eigenvalue weighted by molar-refractivity contribution is -0.304. The van der Waals surface area contributed by atoms with Crippen LogP contribution in [-0.2, 0) is 47.5 Å². The molecule has 4 aliphatic rings. The maximum absolute atomic E-state index is 13.9. The summed E-state index contributed by atoms with van der Waals surface area (Å²) >= 11 is 0. The molecule has 0 aromatic heterocycles. The van der Waals surface area contributed by atoms with Crippen LogP contribution in [0.1, 0.15) is 60.8 Å². The standard InChI is InChI=1S/C39H63NO14/c1-11-28-24(18-50-38-36(49-10)35(48-9)32(45)23(6)52-38)14-19(2)12-13-27(42)20(3)15-25-26(17-41)39(47,16-29(43)53-28)21(4)34(25)54-37-33(46)30(40(7)8)31(44)22(5)51-37/h12-14,17,20-26,28,30-38,44-47H,11,15-16,18H2,1-10H3/b13-12+,19-14+/t20-,21-,22+,23+,24-,25-,26?,28-,30-,31-,32-,33-,34-,35-,36+,37+,38-,39?/m1/s1. The Morgan fingerprint density at radius 2 is 1.56 bits per heavy atom. The minimum atomic E-state index is -1.94. The Bertz CT molecular complexity index is 1340. The van der Waals surface area contributed by atoms with Crippen molar-refractivity contribution in [2.24, 2.45) is 29.6 Å². The van der Waals surface area contributed by atoms with E-state index in [1.165, 1.54) is 20.3 Å². The summed E-state index contributed by atoms with van der Waals surface area (Å²) in [4.78, 5) is 42.1. The van der Waals surface area contributed by atoms with E-state index in [0.29, 0.717) is 18.3 Å². The number of aldehydes is 1. The Kier molecular flexibility index (Phi) is 15.6. The lowest BCUT2D eigenvalue weighted by Crippen LogP contribution is -2.63. The monoisotopic (exact) mass is 769 g/mol. The molecule has 1 saturated carbocycles. The van der Waals surface area contributed by atoms with Gasteiger partial charge in [0.25, 0.3) is 0 Å². The van der Waals surface area contributed by atoms with E-state index < -0.39 is 121 Å². The summed E-state index contributed by atoms with van der Waals surface area (Å²) in [7, 11) is 6.36. The van der Waals surface area contributed by atoms with Crippen LogP contribution in [0, 0.1) is 29.6 Å². The Balaban J connectivity index is 1.67. The van der Waals surface area contributed by atoms with E-state index in [1.807, 2.05) is 19.9 Å². The molecule has 1 aliphatic carbocycles. The highest BCUT2D eigenvalue weighted by Crippen LogP contribution is 2.51. The van der Waals surface area contributed by atoms with Crippen LogP contribution >= 0.6 is 0 Å². The number of likely N-dealkylation sites (N-methyl/N-ethyl adjacent to an activating group) is 1. The predicted octanol–water partition coefficient (Wildman–Crippen LogP) is 1.17. The lowest BCUT2D eigenvalue weighted by Gasteiger charge is -2.45. The van der Waals surface area contributed by atoms with Gasteiger partial charge in [0.2, 0.25) is 0 Å². The number of methoxy groups -OCH3 is 2. The van der Waals surface area contributed by atoms with Gasteiger partial charge >= 0.3 is 5.97 Å². The van der Waals surface area contributed by atoms with Crippen molar-refractivity contribution in [1.82, 2.24) is 4.90 Å². The van der Waals surface area contributed by atoms with Gasteiger partial charge in [0.15, 0.2) is 18.4 Å². The van der Waals surface area contributed by atoms with Gasteiger partial charge in [-0.05, 0) is 59.7 Å². The molecule has 0 aromatic rings. The summed E-state index contributed by atoms with van der Waals surface area (Å²) in [6, 6.07) is -0.735. The van der Waals surface area contributed by atoms with Crippen molar-refractivity contribution in [2.75, 3.05) is 34.9 Å². The van der Waals surface area contributed by atoms with Gasteiger partial charge in [0, 0.05) is 37.9 Å². The fourth-order valence-corrected chi connectivity index (χ4v) is 8.74. The van der Waals surface area contributed by atoms with Crippen LogP contribution in [0.4, 0.5) is 0 Å². The van der Waals surface area contributed by atoms with E-state index in [1.54, 1.807) is 52.8 Å². The van der Waals surface area contributed by atoms with E-state index >= 15 is 0 Å². The number of carbonyl (C=O) groups excluding carboxylic acids is 3. The van der Waals surface area contributed by atoms with Crippen LogP contribution in [0.5, 0.6) is 0 Å². The molecule has 4 N–H and O–H groups in total. The highest BCUT2D eigenvalue weighted by Gasteiger charge is 2.61. The number of ketones is 1. The van der Waals surface area contributed by atoms with Crippen LogP contribution in [0.15, 0.2) is 23.8 Å². The number of aliphatic hydroxyl groups excluding tert-OH is 3. The molecule has 3 aliphatic heterocycles. The third-order valence-electron chi connectivity index (χ3n) is 12.0. The van der Waals surface area contributed by atoms with Crippen molar-refractivity contribution in [3.05, 3.63) is 23.8 Å². The zero-order chi connectivity index (χ0) is 40.2. The largest absolute Gasteiger partial charge is 0.462 e. The van der Waals surface area contributed by atoms with E-state index in [2.05, 4.69) is 0 Å². The zero-order valence-electron chi connectivity index (χ0n) is 33.3. The van der Waals surface area contributed by atoms with Gasteiger partial charge in [0.1, 0.15) is 36.8 Å². The second-order valence-corrected chi connectivity index (χ2v) is 15.8. The van der Waals surface area contributed by atoms with Gasteiger partial charge in [0.05, 0.1) is 49.1 Å². The molecule has 2 bridgehead atoms. The van der Waals surface area contributed by atoms with Gasteiger partial charge in [-0.25, -0.2) is 0 Å². The van der Waals surface area contributed by atoms with E-state index in [-0.39, 0.29) is 18.8 Å². The number of fused-ring (bicyclic) bond motifs is 2. The van der Waals surface area contributed by atoms with Crippen molar-refractivity contribution in [3.8, 4) is 0 Å². The molecule has 18 atom stereocenters. The fraction of sp³-hybridized carbons (Fsp3) is 0.821. The number of nitrogens with zero attached hydrogens (tertiary/aromatic N) is 1. The minimum Gasteiger partial charge on any atom is -0.462 e. The van der Waals surface area contributed by atoms with Gasteiger partial charge < -0.3 is 63.3 Å². The van der Waals surface area contributed by atoms with E-state index in [9.17, 15) is 34.8 Å². The Labute approximate surface area is 318 Å². The number of aliphatic hydroxyl groups is 4. The normalized spacial score (nSPS) is 46.9. The molecule has 0 spiro atoms. The molecule has 3 fully saturated rings. The minimum absolute atomic E-state index is 0.00844. The van der Waals surface area contributed by atoms with Crippen molar-refractivity contribution < 1.29 is 68.0 Å². The third kappa shape index (κ3) is 9.34. The first kappa shape index (κ1) is 44.6. The van der Waals surface area contributed by atoms with E-state index in [4.69, 9.17) is 33.2 Å². The topological polar surface area (TPSA) is 200 Å². The molecule has 0 amide bonds. The summed E-state index contributed by atoms with van der Waals surface area (Å²) in [5, 5.41) is 45.1. The molecular weight excluding hydrogens is 706 g/mol. The molecule has 0 radical (unpaired) electrons.